The van der Waals surface area contributed by atoms with Gasteiger partial charge in [-0.05, 0) is 39.0 Å². The largest absolute Gasteiger partial charge is 0.444 e. The molecular formula is C13H17N5O3. The third kappa shape index (κ3) is 3.68. The lowest BCUT2D eigenvalue weighted by Gasteiger charge is -2.22. The first-order valence-electron chi connectivity index (χ1n) is 6.36. The van der Waals surface area contributed by atoms with Crippen molar-refractivity contribution in [3.05, 3.63) is 30.1 Å². The number of nitrogens with zero attached hydrogens (tertiary/aromatic N) is 3. The molecule has 1 atom stereocenters. The highest BCUT2D eigenvalue weighted by atomic mass is 16.6. The van der Waals surface area contributed by atoms with Gasteiger partial charge in [-0.25, -0.2) is 4.79 Å². The number of nitrogens with one attached hydrogen (secondary N) is 1. The fourth-order valence-electron chi connectivity index (χ4n) is 1.70. The van der Waals surface area contributed by atoms with Gasteiger partial charge in [0.15, 0.2) is 6.04 Å². The number of hydrogen-bond acceptors (Lipinski definition) is 5. The maximum atomic E-state index is 11.8. The van der Waals surface area contributed by atoms with Crippen LogP contribution in [0.15, 0.2) is 24.4 Å². The summed E-state index contributed by atoms with van der Waals surface area (Å²) in [6, 6.07) is 4.00. The van der Waals surface area contributed by atoms with Gasteiger partial charge in [0.05, 0.1) is 17.4 Å². The minimum Gasteiger partial charge on any atom is -0.444 e. The summed E-state index contributed by atoms with van der Waals surface area (Å²) < 4.78 is 6.45. The zero-order valence-corrected chi connectivity index (χ0v) is 12.0. The van der Waals surface area contributed by atoms with Crippen molar-refractivity contribution in [2.45, 2.75) is 32.4 Å². The van der Waals surface area contributed by atoms with Gasteiger partial charge in [0.25, 0.3) is 0 Å². The third-order valence-corrected chi connectivity index (χ3v) is 2.53. The topological polar surface area (TPSA) is 112 Å². The molecule has 112 valence electrons. The van der Waals surface area contributed by atoms with E-state index in [1.807, 2.05) is 0 Å². The van der Waals surface area contributed by atoms with Gasteiger partial charge in [-0.2, -0.15) is 14.8 Å². The van der Waals surface area contributed by atoms with Crippen molar-refractivity contribution in [2.24, 2.45) is 5.73 Å². The van der Waals surface area contributed by atoms with E-state index in [1.165, 1.54) is 4.63 Å². The van der Waals surface area contributed by atoms with Gasteiger partial charge in [-0.15, -0.1) is 0 Å². The van der Waals surface area contributed by atoms with Gasteiger partial charge >= 0.3 is 6.09 Å². The minimum absolute atomic E-state index is 0.282. The molecule has 0 fully saturated rings. The third-order valence-electron chi connectivity index (χ3n) is 2.53. The maximum absolute atomic E-state index is 11.8. The van der Waals surface area contributed by atoms with Gasteiger partial charge in [0.2, 0.25) is 5.91 Å². The molecule has 1 unspecified atom stereocenters. The number of rotatable bonds is 3. The quantitative estimate of drug-likeness (QED) is 0.868. The first kappa shape index (κ1) is 14.8. The first-order valence-corrected chi connectivity index (χ1v) is 6.36. The van der Waals surface area contributed by atoms with Gasteiger partial charge in [-0.3, -0.25) is 4.79 Å². The van der Waals surface area contributed by atoms with E-state index in [0.717, 1.165) is 5.52 Å². The molecule has 0 saturated heterocycles. The van der Waals surface area contributed by atoms with Crippen LogP contribution in [0.4, 0.5) is 4.79 Å². The Kier molecular flexibility index (Phi) is 3.79. The Balaban J connectivity index is 2.22. The lowest BCUT2D eigenvalue weighted by atomic mass is 10.2. The van der Waals surface area contributed by atoms with Crippen LogP contribution in [0.25, 0.3) is 5.52 Å². The molecule has 3 N–H and O–H groups in total. The highest BCUT2D eigenvalue weighted by Gasteiger charge is 2.25. The van der Waals surface area contributed by atoms with E-state index in [4.69, 9.17) is 10.5 Å². The number of alkyl carbamates (subject to hydrolysis) is 1. The van der Waals surface area contributed by atoms with Crippen molar-refractivity contribution in [1.82, 2.24) is 20.1 Å². The number of amides is 2. The zero-order chi connectivity index (χ0) is 15.6. The summed E-state index contributed by atoms with van der Waals surface area (Å²) >= 11 is 0. The van der Waals surface area contributed by atoms with Crippen LogP contribution in [0.5, 0.6) is 0 Å². The second-order valence-electron chi connectivity index (χ2n) is 5.49. The van der Waals surface area contributed by atoms with E-state index in [1.54, 1.807) is 45.2 Å². The van der Waals surface area contributed by atoms with Gasteiger partial charge in [0, 0.05) is 0 Å². The predicted octanol–water partition coefficient (Wildman–Crippen LogP) is 0.780. The van der Waals surface area contributed by atoms with Crippen LogP contribution in [0.2, 0.25) is 0 Å². The van der Waals surface area contributed by atoms with Gasteiger partial charge in [-0.1, -0.05) is 0 Å². The Labute approximate surface area is 121 Å². The zero-order valence-electron chi connectivity index (χ0n) is 12.0. The molecule has 21 heavy (non-hydrogen) atoms. The number of aromatic nitrogens is 3. The number of ether oxygens (including phenoxy) is 1. The second-order valence-corrected chi connectivity index (χ2v) is 5.49. The molecule has 0 aliphatic heterocycles. The molecule has 8 heteroatoms. The summed E-state index contributed by atoms with van der Waals surface area (Å²) in [5.74, 6) is -0.736. The molecule has 0 spiro atoms. The highest BCUT2D eigenvalue weighted by Crippen LogP contribution is 2.13. The molecule has 0 radical (unpaired) electrons. The van der Waals surface area contributed by atoms with E-state index in [9.17, 15) is 9.59 Å². The Hall–Kier alpha value is -2.64. The summed E-state index contributed by atoms with van der Waals surface area (Å²) in [4.78, 5) is 23.3. The van der Waals surface area contributed by atoms with Crippen LogP contribution >= 0.6 is 0 Å². The Morgan fingerprint density at radius 2 is 2.05 bits per heavy atom. The lowest BCUT2D eigenvalue weighted by molar-refractivity contribution is -0.120. The number of hydrogen-bond donors (Lipinski definition) is 2. The van der Waals surface area contributed by atoms with Crippen LogP contribution in [0.1, 0.15) is 32.5 Å². The highest BCUT2D eigenvalue weighted by molar-refractivity contribution is 5.85. The molecular weight excluding hydrogens is 274 g/mol. The Morgan fingerprint density at radius 3 is 2.67 bits per heavy atom. The van der Waals surface area contributed by atoms with Crippen molar-refractivity contribution < 1.29 is 14.3 Å². The van der Waals surface area contributed by atoms with Gasteiger partial charge < -0.3 is 15.8 Å². The standard InChI is InChI=1S/C13H17N5O3/c1-13(2,3)21-12(20)16-10(11(14)19)9-5-4-8-6-7-15-18(8)17-9/h4-7,10H,1-3H3,(H2,14,19)(H,16,20). The summed E-state index contributed by atoms with van der Waals surface area (Å²) in [6.07, 6.45) is 0.834. The molecule has 8 nitrogen and oxygen atoms in total. The number of carbonyl (C=O) groups excluding carboxylic acids is 2. The number of fused-ring (bicyclic) bond motifs is 1. The molecule has 0 aliphatic carbocycles. The molecule has 0 bridgehead atoms. The summed E-state index contributed by atoms with van der Waals surface area (Å²) in [7, 11) is 0. The van der Waals surface area contributed by atoms with Crippen molar-refractivity contribution in [2.75, 3.05) is 0 Å². The first-order chi connectivity index (χ1) is 9.76. The summed E-state index contributed by atoms with van der Waals surface area (Å²) in [5, 5.41) is 10.5. The molecule has 0 saturated carbocycles. The monoisotopic (exact) mass is 291 g/mol. The van der Waals surface area contributed by atoms with E-state index in [0.29, 0.717) is 0 Å². The van der Waals surface area contributed by atoms with Crippen LogP contribution < -0.4 is 11.1 Å². The molecule has 0 aliphatic rings. The summed E-state index contributed by atoms with van der Waals surface area (Å²) in [5.41, 5.74) is 5.69. The number of nitrogens with two attached hydrogens (primary N) is 1. The molecule has 2 aromatic heterocycles. The van der Waals surface area contributed by atoms with Gasteiger partial charge in [0.1, 0.15) is 5.60 Å². The lowest BCUT2D eigenvalue weighted by Crippen LogP contribution is -2.41. The van der Waals surface area contributed by atoms with Crippen molar-refractivity contribution in [3.63, 3.8) is 0 Å². The van der Waals surface area contributed by atoms with Crippen molar-refractivity contribution >= 4 is 17.5 Å². The van der Waals surface area contributed by atoms with Crippen LogP contribution in [-0.4, -0.2) is 32.4 Å². The smallest absolute Gasteiger partial charge is 0.408 e. The van der Waals surface area contributed by atoms with Crippen LogP contribution in [-0.2, 0) is 9.53 Å². The van der Waals surface area contributed by atoms with Crippen molar-refractivity contribution in [3.8, 4) is 0 Å². The number of carbonyl (C=O) groups is 2. The fraction of sp³-hybridized carbons (Fsp3) is 0.385. The second kappa shape index (κ2) is 5.39. The van der Waals surface area contributed by atoms with Crippen LogP contribution in [0.3, 0.4) is 0 Å². The summed E-state index contributed by atoms with van der Waals surface area (Å²) in [6.45, 7) is 5.17. The SMILES string of the molecule is CC(C)(C)OC(=O)NC(C(N)=O)c1ccc2ccnn2n1. The average Bonchev–Trinajstić information content (AvgIpc) is 2.80. The maximum Gasteiger partial charge on any atom is 0.408 e. The van der Waals surface area contributed by atoms with E-state index in [2.05, 4.69) is 15.5 Å². The molecule has 2 heterocycles. The Bertz CT molecular complexity index is 674. The van der Waals surface area contributed by atoms with E-state index < -0.39 is 23.6 Å². The molecule has 2 aromatic rings. The molecule has 2 amide bonds. The minimum atomic E-state index is -1.09. The normalized spacial score (nSPS) is 12.9. The predicted molar refractivity (Wildman–Crippen MR) is 74.3 cm³/mol. The number of primary amides is 1. The van der Waals surface area contributed by atoms with Crippen molar-refractivity contribution in [1.29, 1.82) is 0 Å². The van der Waals surface area contributed by atoms with Crippen LogP contribution in [0, 0.1) is 0 Å². The van der Waals surface area contributed by atoms with E-state index >= 15 is 0 Å². The average molecular weight is 291 g/mol. The van der Waals surface area contributed by atoms with E-state index in [-0.39, 0.29) is 5.69 Å². The fourth-order valence-corrected chi connectivity index (χ4v) is 1.70. The molecule has 0 aromatic carbocycles. The molecule has 2 rings (SSSR count). The Morgan fingerprint density at radius 1 is 1.33 bits per heavy atom.